The van der Waals surface area contributed by atoms with Crippen molar-refractivity contribution in [2.24, 2.45) is 5.92 Å². The molecule has 6 heteroatoms. The van der Waals surface area contributed by atoms with Crippen LogP contribution in [0.15, 0.2) is 52.7 Å². The Labute approximate surface area is 163 Å². The lowest BCUT2D eigenvalue weighted by Gasteiger charge is -2.18. The minimum absolute atomic E-state index is 0.140. The highest BCUT2D eigenvalue weighted by Crippen LogP contribution is 2.36. The molecule has 1 saturated carbocycles. The van der Waals surface area contributed by atoms with Crippen molar-refractivity contribution in [3.8, 4) is 0 Å². The van der Waals surface area contributed by atoms with Crippen molar-refractivity contribution in [2.45, 2.75) is 39.2 Å². The van der Waals surface area contributed by atoms with Crippen LogP contribution >= 0.6 is 15.9 Å². The van der Waals surface area contributed by atoms with Crippen molar-refractivity contribution in [3.63, 3.8) is 0 Å². The van der Waals surface area contributed by atoms with Crippen LogP contribution in [0.1, 0.15) is 44.7 Å². The molecule has 136 valence electrons. The summed E-state index contributed by atoms with van der Waals surface area (Å²) in [4.78, 5) is 8.91. The minimum Gasteiger partial charge on any atom is -0.347 e. The number of nitrogens with zero attached hydrogens (tertiary/aromatic N) is 2. The molecular weight excluding hydrogens is 390 g/mol. The molecule has 1 fully saturated rings. The van der Waals surface area contributed by atoms with Gasteiger partial charge in [0.05, 0.1) is 10.5 Å². The van der Waals surface area contributed by atoms with Crippen LogP contribution in [-0.4, -0.2) is 15.8 Å². The number of benzene rings is 1. The molecule has 2 aromatic rings. The van der Waals surface area contributed by atoms with Crippen LogP contribution in [0, 0.1) is 11.3 Å². The first-order valence-electron chi connectivity index (χ1n) is 8.94. The van der Waals surface area contributed by atoms with Crippen molar-refractivity contribution < 1.29 is 0 Å². The van der Waals surface area contributed by atoms with Gasteiger partial charge < -0.3 is 10.6 Å². The second-order valence-electron chi connectivity index (χ2n) is 6.61. The molecule has 0 spiro atoms. The van der Waals surface area contributed by atoms with Gasteiger partial charge in [-0.05, 0) is 59.7 Å². The minimum atomic E-state index is 0.140. The number of nitrogens with one attached hydrogen (secondary N) is 3. The van der Waals surface area contributed by atoms with E-state index >= 15 is 0 Å². The highest BCUT2D eigenvalue weighted by molar-refractivity contribution is 9.10. The summed E-state index contributed by atoms with van der Waals surface area (Å²) in [6.07, 6.45) is 6.99. The monoisotopic (exact) mass is 413 g/mol. The molecule has 1 aromatic carbocycles. The second kappa shape index (κ2) is 8.45. The van der Waals surface area contributed by atoms with Crippen molar-refractivity contribution in [1.82, 2.24) is 9.97 Å². The Bertz CT molecular complexity index is 799. The highest BCUT2D eigenvalue weighted by atomic mass is 79.9. The first kappa shape index (κ1) is 18.6. The number of allylic oxidation sites excluding steroid dienone is 1. The first-order chi connectivity index (χ1) is 12.6. The van der Waals surface area contributed by atoms with Gasteiger partial charge in [0.25, 0.3) is 0 Å². The summed E-state index contributed by atoms with van der Waals surface area (Å²) < 4.78 is 0.734. The van der Waals surface area contributed by atoms with E-state index in [0.29, 0.717) is 23.5 Å². The first-order valence-corrected chi connectivity index (χ1v) is 9.74. The van der Waals surface area contributed by atoms with E-state index in [1.807, 2.05) is 24.3 Å². The molecule has 5 nitrogen and oxygen atoms in total. The maximum Gasteiger partial charge on any atom is 0.225 e. The Hall–Kier alpha value is -2.21. The number of amidine groups is 1. The van der Waals surface area contributed by atoms with Crippen LogP contribution in [0.3, 0.4) is 0 Å². The lowest BCUT2D eigenvalue weighted by Crippen LogP contribution is -2.15. The van der Waals surface area contributed by atoms with Gasteiger partial charge in [-0.3, -0.25) is 5.41 Å². The van der Waals surface area contributed by atoms with E-state index in [9.17, 15) is 0 Å². The van der Waals surface area contributed by atoms with Crippen molar-refractivity contribution in [1.29, 1.82) is 5.41 Å². The smallest absolute Gasteiger partial charge is 0.225 e. The molecule has 0 saturated heterocycles. The van der Waals surface area contributed by atoms with Gasteiger partial charge >= 0.3 is 0 Å². The van der Waals surface area contributed by atoms with E-state index in [1.54, 1.807) is 6.20 Å². The van der Waals surface area contributed by atoms with Crippen LogP contribution in [-0.2, 0) is 0 Å². The molecule has 1 heterocycles. The standard InChI is InChI=1S/C20H24BrN5/c1-3-17(15-7-5-4-6-8-15)24-20-23-12-16(21)19(26-20)25-18(22)11-13(2)14-9-10-14/h4-8,11-12,14,17H,3,9-10H2,1-2H3,(H3,22,23,24,25,26)/b13-11+. The van der Waals surface area contributed by atoms with Gasteiger partial charge in [-0.25, -0.2) is 4.98 Å². The largest absolute Gasteiger partial charge is 0.347 e. The lowest BCUT2D eigenvalue weighted by molar-refractivity contribution is 0.738. The number of hydrogen-bond donors (Lipinski definition) is 3. The van der Waals surface area contributed by atoms with E-state index in [2.05, 4.69) is 62.5 Å². The number of aromatic nitrogens is 2. The van der Waals surface area contributed by atoms with Gasteiger partial charge in [0.1, 0.15) is 5.84 Å². The van der Waals surface area contributed by atoms with Gasteiger partial charge in [0.15, 0.2) is 5.82 Å². The molecule has 0 bridgehead atoms. The van der Waals surface area contributed by atoms with Crippen LogP contribution in [0.4, 0.5) is 11.8 Å². The average molecular weight is 414 g/mol. The summed E-state index contributed by atoms with van der Waals surface area (Å²) in [5.41, 5.74) is 2.45. The van der Waals surface area contributed by atoms with Crippen LogP contribution < -0.4 is 10.6 Å². The van der Waals surface area contributed by atoms with Crippen LogP contribution in [0.5, 0.6) is 0 Å². The molecule has 1 aliphatic carbocycles. The SMILES string of the molecule is CCC(Nc1ncc(Br)c(NC(=N)/C=C(\C)C2CC2)n1)c1ccccc1. The Kier molecular flexibility index (Phi) is 6.04. The second-order valence-corrected chi connectivity index (χ2v) is 7.46. The molecule has 0 amide bonds. The Morgan fingerprint density at radius 3 is 2.73 bits per heavy atom. The van der Waals surface area contributed by atoms with Crippen molar-refractivity contribution >= 4 is 33.5 Å². The predicted molar refractivity (Wildman–Crippen MR) is 111 cm³/mol. The number of hydrogen-bond acceptors (Lipinski definition) is 4. The molecule has 1 aliphatic rings. The van der Waals surface area contributed by atoms with Gasteiger partial charge in [-0.15, -0.1) is 0 Å². The topological polar surface area (TPSA) is 73.7 Å². The fourth-order valence-electron chi connectivity index (χ4n) is 2.83. The molecular formula is C20H24BrN5. The molecule has 3 N–H and O–H groups in total. The zero-order valence-electron chi connectivity index (χ0n) is 15.1. The molecule has 0 radical (unpaired) electrons. The summed E-state index contributed by atoms with van der Waals surface area (Å²) in [7, 11) is 0. The van der Waals surface area contributed by atoms with E-state index in [4.69, 9.17) is 5.41 Å². The molecule has 3 rings (SSSR count). The summed E-state index contributed by atoms with van der Waals surface area (Å²) in [5, 5.41) is 14.6. The zero-order valence-corrected chi connectivity index (χ0v) is 16.7. The van der Waals surface area contributed by atoms with E-state index < -0.39 is 0 Å². The predicted octanol–water partition coefficient (Wildman–Crippen LogP) is 5.55. The maximum atomic E-state index is 8.17. The van der Waals surface area contributed by atoms with Gasteiger partial charge in [0, 0.05) is 6.20 Å². The van der Waals surface area contributed by atoms with E-state index in [-0.39, 0.29) is 6.04 Å². The highest BCUT2D eigenvalue weighted by Gasteiger charge is 2.23. The van der Waals surface area contributed by atoms with E-state index in [0.717, 1.165) is 10.9 Å². The van der Waals surface area contributed by atoms with Crippen molar-refractivity contribution in [2.75, 3.05) is 10.6 Å². The molecule has 1 atom stereocenters. The van der Waals surface area contributed by atoms with Crippen LogP contribution in [0.2, 0.25) is 0 Å². The number of halogens is 1. The molecule has 1 unspecified atom stereocenters. The normalized spacial score (nSPS) is 15.4. The summed E-state index contributed by atoms with van der Waals surface area (Å²) in [6.45, 7) is 4.21. The number of anilines is 2. The van der Waals surface area contributed by atoms with Gasteiger partial charge in [0.2, 0.25) is 5.95 Å². The zero-order chi connectivity index (χ0) is 18.5. The summed E-state index contributed by atoms with van der Waals surface area (Å²) in [5.74, 6) is 2.13. The molecule has 0 aliphatic heterocycles. The Morgan fingerprint density at radius 1 is 1.35 bits per heavy atom. The number of rotatable bonds is 7. The fraction of sp³-hybridized carbons (Fsp3) is 0.350. The summed E-state index contributed by atoms with van der Waals surface area (Å²) in [6, 6.07) is 10.4. The Balaban J connectivity index is 1.72. The third-order valence-corrected chi connectivity index (χ3v) is 5.08. The third-order valence-electron chi connectivity index (χ3n) is 4.50. The third kappa shape index (κ3) is 4.91. The van der Waals surface area contributed by atoms with E-state index in [1.165, 1.54) is 24.0 Å². The van der Waals surface area contributed by atoms with Gasteiger partial charge in [-0.2, -0.15) is 4.98 Å². The molecule has 26 heavy (non-hydrogen) atoms. The average Bonchev–Trinajstić information content (AvgIpc) is 3.48. The van der Waals surface area contributed by atoms with Crippen molar-refractivity contribution in [3.05, 3.63) is 58.2 Å². The lowest BCUT2D eigenvalue weighted by atomic mass is 10.1. The Morgan fingerprint density at radius 2 is 2.08 bits per heavy atom. The maximum absolute atomic E-state index is 8.17. The van der Waals surface area contributed by atoms with Crippen LogP contribution in [0.25, 0.3) is 0 Å². The fourth-order valence-corrected chi connectivity index (χ4v) is 3.12. The summed E-state index contributed by atoms with van der Waals surface area (Å²) >= 11 is 3.46. The quantitative estimate of drug-likeness (QED) is 0.410. The van der Waals surface area contributed by atoms with Gasteiger partial charge in [-0.1, -0.05) is 42.8 Å². The molecule has 1 aromatic heterocycles.